The Balaban J connectivity index is 1.77. The molecule has 0 amide bonds. The van der Waals surface area contributed by atoms with Crippen molar-refractivity contribution in [3.05, 3.63) is 17.5 Å². The van der Waals surface area contributed by atoms with Crippen molar-refractivity contribution in [3.8, 4) is 0 Å². The maximum Gasteiger partial charge on any atom is 0.186 e. The van der Waals surface area contributed by atoms with Crippen LogP contribution in [0.15, 0.2) is 12.5 Å². The minimum atomic E-state index is -0.732. The third kappa shape index (κ3) is 2.03. The van der Waals surface area contributed by atoms with E-state index < -0.39 is 18.1 Å². The number of ether oxygens (including phenoxy) is 3. The van der Waals surface area contributed by atoms with Gasteiger partial charge in [0.1, 0.15) is 23.8 Å². The topological polar surface area (TPSA) is 91.5 Å². The molecule has 0 bridgehead atoms. The summed E-state index contributed by atoms with van der Waals surface area (Å²) in [5.74, 6) is -0.732. The van der Waals surface area contributed by atoms with Crippen LogP contribution in [0.25, 0.3) is 11.2 Å². The highest BCUT2D eigenvalue weighted by molar-refractivity contribution is 6.34. The van der Waals surface area contributed by atoms with E-state index in [0.717, 1.165) is 0 Å². The Kier molecular flexibility index (Phi) is 3.14. The Morgan fingerprint density at radius 2 is 2.14 bits per heavy atom. The number of hydrogen-bond donors (Lipinski definition) is 1. The molecule has 2 aromatic rings. The minimum Gasteiger partial charge on any atom is -0.394 e. The zero-order chi connectivity index (χ0) is 15.5. The average Bonchev–Trinajstić information content (AvgIpc) is 3.10. The van der Waals surface area contributed by atoms with E-state index in [0.29, 0.717) is 16.2 Å². The van der Waals surface area contributed by atoms with Crippen molar-refractivity contribution in [2.75, 3.05) is 6.61 Å². The number of fused-ring (bicyclic) bond motifs is 2. The Bertz CT molecular complexity index is 721. The molecule has 118 valence electrons. The standard InChI is InChI=1S/C13H15ClN4O4/c1-13(2)21-9-7(4-19)20-12(10(9)22-13)18-5-15-8-6(14)3-16-17-11(8)18/h3,5,7,9-10,12,19H,4H2,1-2H3/t7-,9-,10-,12-/m1/s1. The van der Waals surface area contributed by atoms with Gasteiger partial charge in [-0.1, -0.05) is 11.6 Å². The molecule has 2 fully saturated rings. The van der Waals surface area contributed by atoms with Crippen LogP contribution in [0.5, 0.6) is 0 Å². The molecular formula is C13H15ClN4O4. The fourth-order valence-electron chi connectivity index (χ4n) is 3.03. The summed E-state index contributed by atoms with van der Waals surface area (Å²) in [6.07, 6.45) is 1.32. The lowest BCUT2D eigenvalue weighted by molar-refractivity contribution is -0.199. The highest BCUT2D eigenvalue weighted by atomic mass is 35.5. The summed E-state index contributed by atoms with van der Waals surface area (Å²) in [5, 5.41) is 17.9. The van der Waals surface area contributed by atoms with Gasteiger partial charge in [0, 0.05) is 0 Å². The predicted octanol–water partition coefficient (Wildman–Crippen LogP) is 0.889. The van der Waals surface area contributed by atoms with Gasteiger partial charge in [-0.3, -0.25) is 4.57 Å². The number of imidazole rings is 1. The summed E-state index contributed by atoms with van der Waals surface area (Å²) in [7, 11) is 0. The van der Waals surface area contributed by atoms with Crippen molar-refractivity contribution in [1.82, 2.24) is 19.7 Å². The monoisotopic (exact) mass is 326 g/mol. The summed E-state index contributed by atoms with van der Waals surface area (Å²) in [6.45, 7) is 3.51. The molecule has 0 aliphatic carbocycles. The Hall–Kier alpha value is -1.32. The Morgan fingerprint density at radius 3 is 2.91 bits per heavy atom. The van der Waals surface area contributed by atoms with Crippen molar-refractivity contribution < 1.29 is 19.3 Å². The third-order valence-electron chi connectivity index (χ3n) is 3.90. The van der Waals surface area contributed by atoms with Gasteiger partial charge in [-0.2, -0.15) is 5.10 Å². The molecule has 1 N–H and O–H groups in total. The molecule has 2 aliphatic heterocycles. The predicted molar refractivity (Wildman–Crippen MR) is 75.2 cm³/mol. The largest absolute Gasteiger partial charge is 0.394 e. The normalized spacial score (nSPS) is 33.5. The van der Waals surface area contributed by atoms with Crippen LogP contribution in [-0.2, 0) is 14.2 Å². The Labute approximate surface area is 131 Å². The van der Waals surface area contributed by atoms with Crippen LogP contribution in [0.2, 0.25) is 5.02 Å². The number of halogens is 1. The van der Waals surface area contributed by atoms with Crippen molar-refractivity contribution in [1.29, 1.82) is 0 Å². The molecule has 0 saturated carbocycles. The fourth-order valence-corrected chi connectivity index (χ4v) is 3.21. The van der Waals surface area contributed by atoms with Gasteiger partial charge in [-0.15, -0.1) is 5.10 Å². The zero-order valence-corrected chi connectivity index (χ0v) is 12.8. The molecule has 8 nitrogen and oxygen atoms in total. The molecule has 2 aromatic heterocycles. The van der Waals surface area contributed by atoms with E-state index in [4.69, 9.17) is 25.8 Å². The SMILES string of the molecule is CC1(C)O[C@@H]2[C@H](O1)[C@@H](CO)O[C@H]2n1cnc2c(Cl)cnnc21. The van der Waals surface area contributed by atoms with Gasteiger partial charge in [0.05, 0.1) is 24.2 Å². The van der Waals surface area contributed by atoms with Gasteiger partial charge in [0.15, 0.2) is 17.7 Å². The smallest absolute Gasteiger partial charge is 0.186 e. The maximum atomic E-state index is 9.52. The lowest BCUT2D eigenvalue weighted by atomic mass is 10.1. The number of rotatable bonds is 2. The van der Waals surface area contributed by atoms with Crippen molar-refractivity contribution in [2.24, 2.45) is 0 Å². The summed E-state index contributed by atoms with van der Waals surface area (Å²) in [5.41, 5.74) is 1.05. The summed E-state index contributed by atoms with van der Waals surface area (Å²) in [4.78, 5) is 4.25. The van der Waals surface area contributed by atoms with Crippen LogP contribution in [0.3, 0.4) is 0 Å². The minimum absolute atomic E-state index is 0.157. The second kappa shape index (κ2) is 4.84. The van der Waals surface area contributed by atoms with Crippen LogP contribution < -0.4 is 0 Å². The molecule has 2 saturated heterocycles. The van der Waals surface area contributed by atoms with Gasteiger partial charge in [-0.05, 0) is 13.8 Å². The number of nitrogens with zero attached hydrogens (tertiary/aromatic N) is 4. The second-order valence-electron chi connectivity index (χ2n) is 5.83. The summed E-state index contributed by atoms with van der Waals surface area (Å²) < 4.78 is 19.4. The summed E-state index contributed by atoms with van der Waals surface area (Å²) in [6, 6.07) is 0. The van der Waals surface area contributed by atoms with E-state index in [-0.39, 0.29) is 18.8 Å². The molecule has 4 rings (SSSR count). The van der Waals surface area contributed by atoms with Gasteiger partial charge < -0.3 is 19.3 Å². The molecule has 9 heteroatoms. The first-order valence-electron chi connectivity index (χ1n) is 6.96. The summed E-state index contributed by atoms with van der Waals surface area (Å²) >= 11 is 6.07. The molecule has 0 unspecified atom stereocenters. The van der Waals surface area contributed by atoms with E-state index in [9.17, 15) is 5.11 Å². The van der Waals surface area contributed by atoms with Crippen molar-refractivity contribution in [3.63, 3.8) is 0 Å². The van der Waals surface area contributed by atoms with Crippen LogP contribution in [0.1, 0.15) is 20.1 Å². The first kappa shape index (κ1) is 14.3. The third-order valence-corrected chi connectivity index (χ3v) is 4.17. The molecule has 4 heterocycles. The first-order valence-corrected chi connectivity index (χ1v) is 7.33. The van der Waals surface area contributed by atoms with E-state index in [2.05, 4.69) is 15.2 Å². The maximum absolute atomic E-state index is 9.52. The Morgan fingerprint density at radius 1 is 1.36 bits per heavy atom. The quantitative estimate of drug-likeness (QED) is 0.876. The average molecular weight is 327 g/mol. The van der Waals surface area contributed by atoms with Crippen molar-refractivity contribution >= 4 is 22.8 Å². The second-order valence-corrected chi connectivity index (χ2v) is 6.24. The molecular weight excluding hydrogens is 312 g/mol. The molecule has 0 radical (unpaired) electrons. The number of aliphatic hydroxyl groups excluding tert-OH is 1. The van der Waals surface area contributed by atoms with E-state index >= 15 is 0 Å². The van der Waals surface area contributed by atoms with Crippen LogP contribution >= 0.6 is 11.6 Å². The number of hydrogen-bond acceptors (Lipinski definition) is 7. The van der Waals surface area contributed by atoms with Crippen LogP contribution in [0.4, 0.5) is 0 Å². The first-order chi connectivity index (χ1) is 10.5. The highest BCUT2D eigenvalue weighted by Crippen LogP contribution is 2.43. The number of aliphatic hydroxyl groups is 1. The fraction of sp³-hybridized carbons (Fsp3) is 0.615. The van der Waals surface area contributed by atoms with Crippen LogP contribution in [0, 0.1) is 0 Å². The molecule has 4 atom stereocenters. The number of aromatic nitrogens is 4. The van der Waals surface area contributed by atoms with Gasteiger partial charge in [-0.25, -0.2) is 4.98 Å². The molecule has 22 heavy (non-hydrogen) atoms. The highest BCUT2D eigenvalue weighted by Gasteiger charge is 2.55. The van der Waals surface area contributed by atoms with Crippen molar-refractivity contribution in [2.45, 2.75) is 44.2 Å². The van der Waals surface area contributed by atoms with Gasteiger partial charge in [0.2, 0.25) is 0 Å². The lowest BCUT2D eigenvalue weighted by Gasteiger charge is -2.24. The van der Waals surface area contributed by atoms with E-state index in [1.165, 1.54) is 6.20 Å². The molecule has 2 aliphatic rings. The lowest BCUT2D eigenvalue weighted by Crippen LogP contribution is -2.31. The van der Waals surface area contributed by atoms with E-state index in [1.807, 2.05) is 13.8 Å². The zero-order valence-electron chi connectivity index (χ0n) is 12.0. The van der Waals surface area contributed by atoms with E-state index in [1.54, 1.807) is 10.9 Å². The van der Waals surface area contributed by atoms with Gasteiger partial charge in [0.25, 0.3) is 0 Å². The van der Waals surface area contributed by atoms with Gasteiger partial charge >= 0.3 is 0 Å². The molecule has 0 aromatic carbocycles. The molecule has 0 spiro atoms. The van der Waals surface area contributed by atoms with Crippen LogP contribution in [-0.4, -0.2) is 55.6 Å².